The monoisotopic (exact) mass is 342 g/mol. The van der Waals surface area contributed by atoms with Gasteiger partial charge in [0, 0.05) is 5.75 Å². The lowest BCUT2D eigenvalue weighted by atomic mass is 10.1. The number of nitrogens with two attached hydrogens (primary N) is 1. The van der Waals surface area contributed by atoms with Crippen LogP contribution in [0.1, 0.15) is 40.0 Å². The summed E-state index contributed by atoms with van der Waals surface area (Å²) in [6.07, 6.45) is 1.36. The van der Waals surface area contributed by atoms with Gasteiger partial charge in [0.25, 0.3) is 0 Å². The van der Waals surface area contributed by atoms with Crippen molar-refractivity contribution in [2.75, 3.05) is 18.2 Å². The first-order valence-electron chi connectivity index (χ1n) is 7.76. The summed E-state index contributed by atoms with van der Waals surface area (Å²) in [5.74, 6) is 0.842. The number of nitriles is 1. The summed E-state index contributed by atoms with van der Waals surface area (Å²) in [7, 11) is 0. The van der Waals surface area contributed by atoms with E-state index in [4.69, 9.17) is 15.7 Å². The first-order valence-corrected chi connectivity index (χ1v) is 8.91. The summed E-state index contributed by atoms with van der Waals surface area (Å²) in [6, 6.07) is 1.00. The average Bonchev–Trinajstić information content (AvgIpc) is 2.92. The van der Waals surface area contributed by atoms with Crippen LogP contribution in [0.4, 0.5) is 4.79 Å². The van der Waals surface area contributed by atoms with Crippen molar-refractivity contribution in [3.63, 3.8) is 0 Å². The Kier molecular flexibility index (Phi) is 7.65. The number of carbonyl (C=O) groups is 2. The van der Waals surface area contributed by atoms with E-state index in [0.717, 1.165) is 12.8 Å². The van der Waals surface area contributed by atoms with Gasteiger partial charge in [0.2, 0.25) is 5.91 Å². The zero-order valence-electron chi connectivity index (χ0n) is 14.0. The number of nitrogens with one attached hydrogen (secondary N) is 1. The number of thioether (sulfide) groups is 1. The van der Waals surface area contributed by atoms with Crippen molar-refractivity contribution in [1.29, 1.82) is 5.26 Å². The Balaban J connectivity index is 2.73. The molecular formula is C15H26N4O3S. The van der Waals surface area contributed by atoms with Gasteiger partial charge < -0.3 is 20.7 Å². The Morgan fingerprint density at radius 2 is 2.17 bits per heavy atom. The van der Waals surface area contributed by atoms with E-state index >= 15 is 0 Å². The maximum atomic E-state index is 12.7. The van der Waals surface area contributed by atoms with Crippen molar-refractivity contribution in [3.8, 4) is 6.07 Å². The fraction of sp³-hybridized carbons (Fsp3) is 0.800. The molecule has 130 valence electrons. The van der Waals surface area contributed by atoms with Crippen molar-refractivity contribution < 1.29 is 14.3 Å². The van der Waals surface area contributed by atoms with Gasteiger partial charge in [0.1, 0.15) is 17.7 Å². The highest BCUT2D eigenvalue weighted by molar-refractivity contribution is 7.99. The second-order valence-electron chi connectivity index (χ2n) is 6.44. The van der Waals surface area contributed by atoms with Crippen LogP contribution in [-0.2, 0) is 9.53 Å². The number of unbranched alkanes of at least 4 members (excludes halogenated alkanes) is 1. The fourth-order valence-electron chi connectivity index (χ4n) is 2.17. The molecule has 0 aliphatic carbocycles. The van der Waals surface area contributed by atoms with Gasteiger partial charge in [-0.05, 0) is 46.6 Å². The van der Waals surface area contributed by atoms with Crippen LogP contribution in [0.2, 0.25) is 0 Å². The number of ether oxygens (including phenoxy) is 1. The molecule has 8 heteroatoms. The van der Waals surface area contributed by atoms with Crippen LogP contribution in [0.3, 0.4) is 0 Å². The first kappa shape index (κ1) is 19.6. The molecule has 1 heterocycles. The summed E-state index contributed by atoms with van der Waals surface area (Å²) in [4.78, 5) is 26.2. The SMILES string of the molecule is CC(C)(C)OC(=O)N[C@@H](CCCCN)C(=O)N1CSC[C@H]1C#N. The summed E-state index contributed by atoms with van der Waals surface area (Å²) in [5.41, 5.74) is 4.86. The molecule has 0 unspecified atom stereocenters. The van der Waals surface area contributed by atoms with E-state index in [-0.39, 0.29) is 5.91 Å². The zero-order valence-corrected chi connectivity index (χ0v) is 14.8. The number of hydrogen-bond donors (Lipinski definition) is 2. The lowest BCUT2D eigenvalue weighted by Gasteiger charge is -2.27. The average molecular weight is 342 g/mol. The minimum absolute atomic E-state index is 0.232. The normalized spacial score (nSPS) is 19.1. The molecular weight excluding hydrogens is 316 g/mol. The lowest BCUT2D eigenvalue weighted by Crippen LogP contribution is -2.51. The smallest absolute Gasteiger partial charge is 0.408 e. The summed E-state index contributed by atoms with van der Waals surface area (Å²) in [6.45, 7) is 5.83. The summed E-state index contributed by atoms with van der Waals surface area (Å²) >= 11 is 1.54. The summed E-state index contributed by atoms with van der Waals surface area (Å²) in [5, 5.41) is 11.8. The molecule has 0 aromatic carbocycles. The second-order valence-corrected chi connectivity index (χ2v) is 7.44. The molecule has 3 N–H and O–H groups in total. The minimum atomic E-state index is -0.689. The van der Waals surface area contributed by atoms with E-state index in [2.05, 4.69) is 11.4 Å². The fourth-order valence-corrected chi connectivity index (χ4v) is 3.25. The maximum Gasteiger partial charge on any atom is 0.408 e. The van der Waals surface area contributed by atoms with Gasteiger partial charge in [0.15, 0.2) is 0 Å². The molecule has 0 bridgehead atoms. The molecule has 0 aromatic rings. The van der Waals surface area contributed by atoms with Crippen LogP contribution in [0.5, 0.6) is 0 Å². The molecule has 2 amide bonds. The van der Waals surface area contributed by atoms with E-state index in [1.807, 2.05) is 0 Å². The van der Waals surface area contributed by atoms with Crippen LogP contribution in [0.15, 0.2) is 0 Å². The molecule has 1 fully saturated rings. The Morgan fingerprint density at radius 1 is 1.48 bits per heavy atom. The molecule has 1 rings (SSSR count). The number of carbonyl (C=O) groups excluding carboxylic acids is 2. The third-order valence-electron chi connectivity index (χ3n) is 3.25. The van der Waals surface area contributed by atoms with Gasteiger partial charge in [-0.2, -0.15) is 5.26 Å². The highest BCUT2D eigenvalue weighted by Gasteiger charge is 2.34. The Bertz CT molecular complexity index is 459. The van der Waals surface area contributed by atoms with Crippen LogP contribution < -0.4 is 11.1 Å². The minimum Gasteiger partial charge on any atom is -0.444 e. The van der Waals surface area contributed by atoms with E-state index in [0.29, 0.717) is 24.6 Å². The van der Waals surface area contributed by atoms with Crippen molar-refractivity contribution >= 4 is 23.8 Å². The van der Waals surface area contributed by atoms with Crippen LogP contribution in [0.25, 0.3) is 0 Å². The Labute approximate surface area is 141 Å². The first-order chi connectivity index (χ1) is 10.8. The molecule has 0 aromatic heterocycles. The van der Waals surface area contributed by atoms with Crippen molar-refractivity contribution in [3.05, 3.63) is 0 Å². The Morgan fingerprint density at radius 3 is 2.74 bits per heavy atom. The number of nitrogens with zero attached hydrogens (tertiary/aromatic N) is 2. The molecule has 2 atom stereocenters. The lowest BCUT2D eigenvalue weighted by molar-refractivity contribution is -0.133. The van der Waals surface area contributed by atoms with E-state index in [1.54, 1.807) is 20.8 Å². The third kappa shape index (κ3) is 6.67. The van der Waals surface area contributed by atoms with Gasteiger partial charge in [0.05, 0.1) is 11.9 Å². The molecule has 0 radical (unpaired) electrons. The van der Waals surface area contributed by atoms with E-state index in [1.165, 1.54) is 16.7 Å². The van der Waals surface area contributed by atoms with Crippen molar-refractivity contribution in [1.82, 2.24) is 10.2 Å². The van der Waals surface area contributed by atoms with Gasteiger partial charge in [-0.1, -0.05) is 0 Å². The van der Waals surface area contributed by atoms with E-state index < -0.39 is 23.8 Å². The predicted molar refractivity (Wildman–Crippen MR) is 89.6 cm³/mol. The molecule has 0 saturated carbocycles. The molecule has 7 nitrogen and oxygen atoms in total. The van der Waals surface area contributed by atoms with Crippen LogP contribution in [0, 0.1) is 11.3 Å². The number of alkyl carbamates (subject to hydrolysis) is 1. The summed E-state index contributed by atoms with van der Waals surface area (Å²) < 4.78 is 5.22. The highest BCUT2D eigenvalue weighted by Crippen LogP contribution is 2.22. The predicted octanol–water partition coefficient (Wildman–Crippen LogP) is 1.43. The number of rotatable bonds is 6. The second kappa shape index (κ2) is 8.99. The standard InChI is InChI=1S/C15H26N4O3S/c1-15(2,3)22-14(21)18-12(6-4-5-7-16)13(20)19-10-23-9-11(19)8-17/h11-12H,4-7,9-10,16H2,1-3H3,(H,18,21)/t11-,12+/m1/s1. The van der Waals surface area contributed by atoms with Crippen molar-refractivity contribution in [2.24, 2.45) is 5.73 Å². The molecule has 1 aliphatic heterocycles. The van der Waals surface area contributed by atoms with Gasteiger partial charge in [-0.15, -0.1) is 11.8 Å². The van der Waals surface area contributed by atoms with Gasteiger partial charge in [-0.3, -0.25) is 4.79 Å². The van der Waals surface area contributed by atoms with Crippen LogP contribution in [-0.4, -0.2) is 52.8 Å². The van der Waals surface area contributed by atoms with Gasteiger partial charge >= 0.3 is 6.09 Å². The third-order valence-corrected chi connectivity index (χ3v) is 4.26. The molecule has 23 heavy (non-hydrogen) atoms. The highest BCUT2D eigenvalue weighted by atomic mass is 32.2. The largest absolute Gasteiger partial charge is 0.444 e. The topological polar surface area (TPSA) is 108 Å². The molecule has 1 aliphatic rings. The quantitative estimate of drug-likeness (QED) is 0.707. The number of amides is 2. The maximum absolute atomic E-state index is 12.7. The van der Waals surface area contributed by atoms with Gasteiger partial charge in [-0.25, -0.2) is 4.79 Å². The van der Waals surface area contributed by atoms with E-state index in [9.17, 15) is 9.59 Å². The number of hydrogen-bond acceptors (Lipinski definition) is 6. The molecule has 1 saturated heterocycles. The molecule has 0 spiro atoms. The van der Waals surface area contributed by atoms with Crippen molar-refractivity contribution in [2.45, 2.75) is 57.7 Å². The Hall–Kier alpha value is -1.46. The zero-order chi connectivity index (χ0) is 17.5. The van der Waals surface area contributed by atoms with Crippen LogP contribution >= 0.6 is 11.8 Å².